The zero-order valence-corrected chi connectivity index (χ0v) is 16.1. The predicted molar refractivity (Wildman–Crippen MR) is 107 cm³/mol. The van der Waals surface area contributed by atoms with Crippen molar-refractivity contribution in [1.82, 2.24) is 9.97 Å². The van der Waals surface area contributed by atoms with Crippen molar-refractivity contribution < 1.29 is 14.3 Å². The van der Waals surface area contributed by atoms with Crippen LogP contribution in [-0.2, 0) is 11.2 Å². The molecule has 0 aliphatic carbocycles. The van der Waals surface area contributed by atoms with Crippen LogP contribution in [0.4, 0.5) is 11.8 Å². The topological polar surface area (TPSA) is 110 Å². The molecule has 148 valence electrons. The number of nitrogens with two attached hydrogens (primary N) is 1. The van der Waals surface area contributed by atoms with E-state index in [2.05, 4.69) is 15.3 Å². The highest BCUT2D eigenvalue weighted by atomic mass is 16.5. The molecule has 2 heterocycles. The summed E-state index contributed by atoms with van der Waals surface area (Å²) in [7, 11) is 0. The molecule has 1 aliphatic rings. The fourth-order valence-electron chi connectivity index (χ4n) is 3.03. The summed E-state index contributed by atoms with van der Waals surface area (Å²) in [6.07, 6.45) is 3.04. The Morgan fingerprint density at radius 3 is 2.89 bits per heavy atom. The van der Waals surface area contributed by atoms with Gasteiger partial charge in [-0.25, -0.2) is 4.98 Å². The molecule has 8 heteroatoms. The molecule has 2 aromatic rings. The Morgan fingerprint density at radius 2 is 2.14 bits per heavy atom. The van der Waals surface area contributed by atoms with E-state index in [9.17, 15) is 9.59 Å². The van der Waals surface area contributed by atoms with Crippen molar-refractivity contribution in [2.75, 3.05) is 23.4 Å². The summed E-state index contributed by atoms with van der Waals surface area (Å²) in [4.78, 5) is 34.6. The average molecular weight is 383 g/mol. The number of nitrogens with one attached hydrogen (secondary N) is 1. The average Bonchev–Trinajstić information content (AvgIpc) is 3.12. The first-order chi connectivity index (χ1) is 13.4. The zero-order chi connectivity index (χ0) is 20.1. The van der Waals surface area contributed by atoms with Crippen molar-refractivity contribution in [1.29, 1.82) is 0 Å². The first-order valence-corrected chi connectivity index (χ1v) is 9.39. The van der Waals surface area contributed by atoms with Crippen LogP contribution in [0.5, 0.6) is 5.75 Å². The Balaban J connectivity index is 1.87. The molecule has 2 amide bonds. The maximum absolute atomic E-state index is 13.2. The lowest BCUT2D eigenvalue weighted by Crippen LogP contribution is -2.33. The van der Waals surface area contributed by atoms with Gasteiger partial charge in [0.1, 0.15) is 11.6 Å². The Morgan fingerprint density at radius 1 is 1.32 bits per heavy atom. The molecule has 0 unspecified atom stereocenters. The number of aromatic nitrogens is 2. The molecule has 0 spiro atoms. The van der Waals surface area contributed by atoms with Crippen molar-refractivity contribution in [3.05, 3.63) is 41.6 Å². The van der Waals surface area contributed by atoms with Gasteiger partial charge >= 0.3 is 0 Å². The van der Waals surface area contributed by atoms with E-state index in [1.54, 1.807) is 23.2 Å². The third kappa shape index (κ3) is 4.76. The van der Waals surface area contributed by atoms with E-state index in [0.717, 1.165) is 17.7 Å². The largest absolute Gasteiger partial charge is 0.493 e. The van der Waals surface area contributed by atoms with E-state index in [-0.39, 0.29) is 18.4 Å². The highest BCUT2D eigenvalue weighted by Crippen LogP contribution is 2.27. The second-order valence-electron chi connectivity index (χ2n) is 6.99. The molecule has 0 atom stereocenters. The standard InChI is InChI=1S/C20H25N5O3/c1-13(2)23-20-22-9-7-18(24-20)25(10-3-4-17(21)26)19(27)15-5-6-16-14(12-15)8-11-28-16/h5-7,9,12-13H,3-4,8,10-11H2,1-2H3,(H2,21,26)(H,22,23,24). The van der Waals surface area contributed by atoms with Crippen LogP contribution in [0.15, 0.2) is 30.5 Å². The maximum atomic E-state index is 13.2. The summed E-state index contributed by atoms with van der Waals surface area (Å²) in [5.41, 5.74) is 6.83. The predicted octanol–water partition coefficient (Wildman–Crippen LogP) is 2.14. The molecule has 0 bridgehead atoms. The molecule has 1 aliphatic heterocycles. The molecule has 3 rings (SSSR count). The van der Waals surface area contributed by atoms with Gasteiger partial charge in [-0.15, -0.1) is 0 Å². The van der Waals surface area contributed by atoms with Gasteiger partial charge in [-0.05, 0) is 50.1 Å². The molecule has 0 fully saturated rings. The van der Waals surface area contributed by atoms with Crippen LogP contribution in [0.1, 0.15) is 42.6 Å². The lowest BCUT2D eigenvalue weighted by atomic mass is 10.1. The van der Waals surface area contributed by atoms with Gasteiger partial charge in [0.15, 0.2) is 0 Å². The van der Waals surface area contributed by atoms with Gasteiger partial charge in [-0.2, -0.15) is 4.98 Å². The summed E-state index contributed by atoms with van der Waals surface area (Å²) in [6.45, 7) is 4.93. The van der Waals surface area contributed by atoms with Crippen LogP contribution in [0.3, 0.4) is 0 Å². The number of fused-ring (bicyclic) bond motifs is 1. The monoisotopic (exact) mass is 383 g/mol. The van der Waals surface area contributed by atoms with E-state index in [4.69, 9.17) is 10.5 Å². The van der Waals surface area contributed by atoms with Crippen molar-refractivity contribution >= 4 is 23.6 Å². The Labute approximate surface area is 164 Å². The van der Waals surface area contributed by atoms with Gasteiger partial charge in [0.05, 0.1) is 6.61 Å². The number of carbonyl (C=O) groups excluding carboxylic acids is 2. The van der Waals surface area contributed by atoms with Crippen molar-refractivity contribution in [2.45, 2.75) is 39.2 Å². The van der Waals surface area contributed by atoms with Crippen LogP contribution in [-0.4, -0.2) is 41.0 Å². The summed E-state index contributed by atoms with van der Waals surface area (Å²) in [5, 5.41) is 3.14. The second kappa shape index (κ2) is 8.69. The van der Waals surface area contributed by atoms with Gasteiger partial charge < -0.3 is 15.8 Å². The fourth-order valence-corrected chi connectivity index (χ4v) is 3.03. The number of benzene rings is 1. The second-order valence-corrected chi connectivity index (χ2v) is 6.99. The van der Waals surface area contributed by atoms with Gasteiger partial charge in [0.2, 0.25) is 11.9 Å². The lowest BCUT2D eigenvalue weighted by molar-refractivity contribution is -0.118. The number of hydrogen-bond acceptors (Lipinski definition) is 6. The SMILES string of the molecule is CC(C)Nc1nccc(N(CCCC(N)=O)C(=O)c2ccc3c(c2)CCO3)n1. The maximum Gasteiger partial charge on any atom is 0.259 e. The third-order valence-electron chi connectivity index (χ3n) is 4.32. The Kier molecular flexibility index (Phi) is 6.08. The van der Waals surface area contributed by atoms with Crippen LogP contribution >= 0.6 is 0 Å². The van der Waals surface area contributed by atoms with Crippen molar-refractivity contribution in [3.8, 4) is 5.75 Å². The van der Waals surface area contributed by atoms with E-state index in [0.29, 0.717) is 36.9 Å². The minimum absolute atomic E-state index is 0.158. The number of rotatable bonds is 8. The Hall–Kier alpha value is -3.16. The number of primary amides is 1. The highest BCUT2D eigenvalue weighted by molar-refractivity contribution is 6.05. The van der Waals surface area contributed by atoms with Crippen LogP contribution in [0, 0.1) is 0 Å². The lowest BCUT2D eigenvalue weighted by Gasteiger charge is -2.22. The van der Waals surface area contributed by atoms with Gasteiger partial charge in [-0.3, -0.25) is 14.5 Å². The molecule has 0 radical (unpaired) electrons. The van der Waals surface area contributed by atoms with Gasteiger partial charge in [0, 0.05) is 37.2 Å². The highest BCUT2D eigenvalue weighted by Gasteiger charge is 2.22. The normalized spacial score (nSPS) is 12.4. The fraction of sp³-hybridized carbons (Fsp3) is 0.400. The number of anilines is 2. The van der Waals surface area contributed by atoms with Crippen LogP contribution in [0.25, 0.3) is 0 Å². The molecule has 1 aromatic carbocycles. The number of amides is 2. The summed E-state index contributed by atoms with van der Waals surface area (Å²) in [6, 6.07) is 7.28. The van der Waals surface area contributed by atoms with Crippen LogP contribution < -0.4 is 20.7 Å². The number of carbonyl (C=O) groups is 2. The molecule has 1 aromatic heterocycles. The van der Waals surface area contributed by atoms with E-state index < -0.39 is 5.91 Å². The van der Waals surface area contributed by atoms with E-state index in [1.165, 1.54) is 0 Å². The molecule has 28 heavy (non-hydrogen) atoms. The quantitative estimate of drug-likeness (QED) is 0.723. The molecule has 8 nitrogen and oxygen atoms in total. The number of nitrogens with zero attached hydrogens (tertiary/aromatic N) is 3. The molecule has 0 saturated heterocycles. The van der Waals surface area contributed by atoms with Gasteiger partial charge in [-0.1, -0.05) is 0 Å². The van der Waals surface area contributed by atoms with E-state index >= 15 is 0 Å². The van der Waals surface area contributed by atoms with Crippen molar-refractivity contribution in [3.63, 3.8) is 0 Å². The minimum atomic E-state index is -0.396. The van der Waals surface area contributed by atoms with E-state index in [1.807, 2.05) is 26.0 Å². The molecular formula is C20H25N5O3. The van der Waals surface area contributed by atoms with Gasteiger partial charge in [0.25, 0.3) is 5.91 Å². The zero-order valence-electron chi connectivity index (χ0n) is 16.1. The summed E-state index contributed by atoms with van der Waals surface area (Å²) < 4.78 is 5.52. The third-order valence-corrected chi connectivity index (χ3v) is 4.32. The summed E-state index contributed by atoms with van der Waals surface area (Å²) >= 11 is 0. The number of hydrogen-bond donors (Lipinski definition) is 2. The molecule has 0 saturated carbocycles. The van der Waals surface area contributed by atoms with Crippen molar-refractivity contribution in [2.24, 2.45) is 5.73 Å². The Bertz CT molecular complexity index is 869. The summed E-state index contributed by atoms with van der Waals surface area (Å²) in [5.74, 6) is 1.16. The molecular weight excluding hydrogens is 358 g/mol. The number of ether oxygens (including phenoxy) is 1. The first kappa shape index (κ1) is 19.6. The first-order valence-electron chi connectivity index (χ1n) is 9.39. The van der Waals surface area contributed by atoms with Crippen LogP contribution in [0.2, 0.25) is 0 Å². The molecule has 3 N–H and O–H groups in total. The smallest absolute Gasteiger partial charge is 0.259 e. The minimum Gasteiger partial charge on any atom is -0.493 e.